The Morgan fingerprint density at radius 1 is 1.41 bits per heavy atom. The van der Waals surface area contributed by atoms with Crippen LogP contribution in [0.2, 0.25) is 0 Å². The third kappa shape index (κ3) is 2.41. The van der Waals surface area contributed by atoms with Gasteiger partial charge in [0.2, 0.25) is 0 Å². The Kier molecular flexibility index (Phi) is 4.21. The van der Waals surface area contributed by atoms with E-state index in [1.165, 1.54) is 12.7 Å². The molecular formula is C13H20N6O3. The van der Waals surface area contributed by atoms with E-state index in [9.17, 15) is 10.2 Å². The smallest absolute Gasteiger partial charge is 0.167 e. The predicted octanol–water partition coefficient (Wildman–Crippen LogP) is -0.774. The molecule has 3 rings (SSSR count). The monoisotopic (exact) mass is 308 g/mol. The van der Waals surface area contributed by atoms with Crippen LogP contribution in [-0.4, -0.2) is 61.1 Å². The molecule has 120 valence electrons. The first kappa shape index (κ1) is 15.1. The zero-order valence-corrected chi connectivity index (χ0v) is 12.3. The standard InChI is InChI=1S/C13H20N6O3/c1-2-3-15-11-9-12(17-5-16-11)19(6-18-9)13-10(21)8(14)7(4-20)22-13/h5-8,10,13,20-21H,2-4,14H2,1H3,(H,15,16,17)/t7-,8-,10-,13-/m1/s1. The van der Waals surface area contributed by atoms with Crippen LogP contribution in [0.25, 0.3) is 11.2 Å². The van der Waals surface area contributed by atoms with Gasteiger partial charge in [0.1, 0.15) is 18.5 Å². The minimum Gasteiger partial charge on any atom is -0.394 e. The maximum Gasteiger partial charge on any atom is 0.167 e. The lowest BCUT2D eigenvalue weighted by molar-refractivity contribution is -0.0488. The van der Waals surface area contributed by atoms with Crippen LogP contribution in [-0.2, 0) is 4.74 Å². The van der Waals surface area contributed by atoms with Crippen molar-refractivity contribution < 1.29 is 14.9 Å². The van der Waals surface area contributed by atoms with E-state index in [1.54, 1.807) is 4.57 Å². The number of hydrogen-bond acceptors (Lipinski definition) is 8. The normalized spacial score (nSPS) is 28.4. The summed E-state index contributed by atoms with van der Waals surface area (Å²) in [6.45, 7) is 2.59. The molecule has 1 saturated heterocycles. The van der Waals surface area contributed by atoms with E-state index < -0.39 is 24.5 Å². The molecule has 9 nitrogen and oxygen atoms in total. The fraction of sp³-hybridized carbons (Fsp3) is 0.615. The van der Waals surface area contributed by atoms with E-state index >= 15 is 0 Å². The molecule has 5 N–H and O–H groups in total. The van der Waals surface area contributed by atoms with Gasteiger partial charge in [0.15, 0.2) is 23.2 Å². The maximum absolute atomic E-state index is 10.2. The first-order valence-electron chi connectivity index (χ1n) is 7.28. The Hall–Kier alpha value is -1.81. The molecule has 0 bridgehead atoms. The lowest BCUT2D eigenvalue weighted by Gasteiger charge is -2.16. The van der Waals surface area contributed by atoms with E-state index in [4.69, 9.17) is 10.5 Å². The van der Waals surface area contributed by atoms with Crippen LogP contribution in [0.3, 0.4) is 0 Å². The number of ether oxygens (including phenoxy) is 1. The molecule has 1 aliphatic rings. The summed E-state index contributed by atoms with van der Waals surface area (Å²) in [6, 6.07) is -0.660. The highest BCUT2D eigenvalue weighted by Gasteiger charge is 2.42. The number of aromatic nitrogens is 4. The average molecular weight is 308 g/mol. The zero-order valence-electron chi connectivity index (χ0n) is 12.3. The van der Waals surface area contributed by atoms with Gasteiger partial charge in [0.25, 0.3) is 0 Å². The number of rotatable bonds is 5. The average Bonchev–Trinajstić information content (AvgIpc) is 3.08. The van der Waals surface area contributed by atoms with Crippen LogP contribution >= 0.6 is 0 Å². The van der Waals surface area contributed by atoms with Crippen molar-refractivity contribution in [3.63, 3.8) is 0 Å². The zero-order chi connectivity index (χ0) is 15.7. The minimum atomic E-state index is -0.948. The largest absolute Gasteiger partial charge is 0.394 e. The highest BCUT2D eigenvalue weighted by molar-refractivity contribution is 5.82. The number of anilines is 1. The molecule has 0 unspecified atom stereocenters. The lowest BCUT2D eigenvalue weighted by atomic mass is 10.1. The van der Waals surface area contributed by atoms with Crippen molar-refractivity contribution in [1.29, 1.82) is 0 Å². The van der Waals surface area contributed by atoms with Gasteiger partial charge in [-0.3, -0.25) is 4.57 Å². The van der Waals surface area contributed by atoms with E-state index in [0.717, 1.165) is 13.0 Å². The van der Waals surface area contributed by atoms with Crippen molar-refractivity contribution in [2.75, 3.05) is 18.5 Å². The number of nitrogens with zero attached hydrogens (tertiary/aromatic N) is 4. The van der Waals surface area contributed by atoms with E-state index in [1.807, 2.05) is 0 Å². The molecule has 0 radical (unpaired) electrons. The SMILES string of the molecule is CCCNc1ncnc2c1ncn2[C@@H]1O[C@H](CO)[C@@H](N)[C@H]1O. The first-order valence-corrected chi connectivity index (χ1v) is 7.28. The summed E-state index contributed by atoms with van der Waals surface area (Å²) in [5.41, 5.74) is 7.00. The molecule has 0 aromatic carbocycles. The van der Waals surface area contributed by atoms with Crippen LogP contribution in [0.15, 0.2) is 12.7 Å². The Labute approximate surface area is 127 Å². The molecule has 2 aromatic rings. The maximum atomic E-state index is 10.2. The van der Waals surface area contributed by atoms with Crippen molar-refractivity contribution in [2.45, 2.75) is 37.8 Å². The van der Waals surface area contributed by atoms with E-state index in [2.05, 4.69) is 27.2 Å². The topological polar surface area (TPSA) is 131 Å². The molecule has 2 aromatic heterocycles. The van der Waals surface area contributed by atoms with Gasteiger partial charge in [0.05, 0.1) is 19.0 Å². The molecule has 1 fully saturated rings. The van der Waals surface area contributed by atoms with Gasteiger partial charge in [-0.15, -0.1) is 0 Å². The van der Waals surface area contributed by atoms with Crippen LogP contribution in [0, 0.1) is 0 Å². The van der Waals surface area contributed by atoms with Gasteiger partial charge in [-0.05, 0) is 6.42 Å². The number of imidazole rings is 1. The summed E-state index contributed by atoms with van der Waals surface area (Å²) in [7, 11) is 0. The van der Waals surface area contributed by atoms with Gasteiger partial charge in [-0.25, -0.2) is 15.0 Å². The summed E-state index contributed by atoms with van der Waals surface area (Å²) >= 11 is 0. The lowest BCUT2D eigenvalue weighted by Crippen LogP contribution is -2.41. The number of fused-ring (bicyclic) bond motifs is 1. The highest BCUT2D eigenvalue weighted by atomic mass is 16.5. The van der Waals surface area contributed by atoms with Gasteiger partial charge in [-0.2, -0.15) is 0 Å². The minimum absolute atomic E-state index is 0.250. The Morgan fingerprint density at radius 3 is 2.91 bits per heavy atom. The van der Waals surface area contributed by atoms with Gasteiger partial charge in [0, 0.05) is 6.54 Å². The first-order chi connectivity index (χ1) is 10.7. The Morgan fingerprint density at radius 2 is 2.23 bits per heavy atom. The van der Waals surface area contributed by atoms with E-state index in [0.29, 0.717) is 17.0 Å². The summed E-state index contributed by atoms with van der Waals surface area (Å²) in [6.07, 6.45) is 1.64. The highest BCUT2D eigenvalue weighted by Crippen LogP contribution is 2.31. The quantitative estimate of drug-likeness (QED) is 0.566. The van der Waals surface area contributed by atoms with Crippen LogP contribution in [0.1, 0.15) is 19.6 Å². The molecule has 22 heavy (non-hydrogen) atoms. The van der Waals surface area contributed by atoms with Crippen LogP contribution in [0.5, 0.6) is 0 Å². The van der Waals surface area contributed by atoms with Crippen LogP contribution in [0.4, 0.5) is 5.82 Å². The van der Waals surface area contributed by atoms with Gasteiger partial charge >= 0.3 is 0 Å². The molecule has 0 aliphatic carbocycles. The summed E-state index contributed by atoms with van der Waals surface area (Å²) in [5, 5.41) is 22.7. The molecule has 1 aliphatic heterocycles. The number of hydrogen-bond donors (Lipinski definition) is 4. The predicted molar refractivity (Wildman–Crippen MR) is 79.1 cm³/mol. The molecule has 3 heterocycles. The number of nitrogens with two attached hydrogens (primary N) is 1. The van der Waals surface area contributed by atoms with Crippen molar-refractivity contribution >= 4 is 17.0 Å². The fourth-order valence-electron chi connectivity index (χ4n) is 2.57. The van der Waals surface area contributed by atoms with Gasteiger partial charge in [-0.1, -0.05) is 6.92 Å². The van der Waals surface area contributed by atoms with Gasteiger partial charge < -0.3 is 26.0 Å². The second-order valence-corrected chi connectivity index (χ2v) is 5.29. The van der Waals surface area contributed by atoms with Crippen molar-refractivity contribution in [2.24, 2.45) is 5.73 Å². The Bertz CT molecular complexity index is 648. The number of aliphatic hydroxyl groups is 2. The van der Waals surface area contributed by atoms with Crippen molar-refractivity contribution in [3.05, 3.63) is 12.7 Å². The number of aliphatic hydroxyl groups excluding tert-OH is 2. The molecule has 9 heteroatoms. The second kappa shape index (κ2) is 6.13. The van der Waals surface area contributed by atoms with Crippen LogP contribution < -0.4 is 11.1 Å². The van der Waals surface area contributed by atoms with Crippen molar-refractivity contribution in [1.82, 2.24) is 19.5 Å². The third-order valence-electron chi connectivity index (χ3n) is 3.79. The molecule has 0 amide bonds. The fourth-order valence-corrected chi connectivity index (χ4v) is 2.57. The summed E-state index contributed by atoms with van der Waals surface area (Å²) in [4.78, 5) is 12.7. The summed E-state index contributed by atoms with van der Waals surface area (Å²) < 4.78 is 7.25. The molecule has 0 spiro atoms. The summed E-state index contributed by atoms with van der Waals surface area (Å²) in [5.74, 6) is 0.640. The molecular weight excluding hydrogens is 288 g/mol. The second-order valence-electron chi connectivity index (χ2n) is 5.29. The Balaban J connectivity index is 1.95. The van der Waals surface area contributed by atoms with Crippen molar-refractivity contribution in [3.8, 4) is 0 Å². The number of nitrogens with one attached hydrogen (secondary N) is 1. The molecule has 4 atom stereocenters. The van der Waals surface area contributed by atoms with E-state index in [-0.39, 0.29) is 6.61 Å². The molecule has 0 saturated carbocycles. The third-order valence-corrected chi connectivity index (χ3v) is 3.79.